The number of piperidine rings is 1. The van der Waals surface area contributed by atoms with Crippen molar-refractivity contribution in [3.8, 4) is 0 Å². The first-order valence-corrected chi connectivity index (χ1v) is 8.30. The predicted octanol–water partition coefficient (Wildman–Crippen LogP) is 2.64. The fraction of sp³-hybridized carbons (Fsp3) is 0.857. The monoisotopic (exact) mass is 319 g/mol. The van der Waals surface area contributed by atoms with Crippen LogP contribution in [0.25, 0.3) is 0 Å². The van der Waals surface area contributed by atoms with Crippen LogP contribution in [0.2, 0.25) is 0 Å². The fourth-order valence-electron chi connectivity index (χ4n) is 2.87. The van der Waals surface area contributed by atoms with Crippen LogP contribution in [0.15, 0.2) is 5.10 Å². The summed E-state index contributed by atoms with van der Waals surface area (Å²) in [6.45, 7) is 2.97. The number of hydrogen-bond acceptors (Lipinski definition) is 3. The van der Waals surface area contributed by atoms with Crippen molar-refractivity contribution in [2.45, 2.75) is 62.2 Å². The van der Waals surface area contributed by atoms with E-state index in [0.29, 0.717) is 6.42 Å². The topological polar surface area (TPSA) is 53.5 Å². The molecule has 1 saturated carbocycles. The molecule has 0 bridgehead atoms. The lowest BCUT2D eigenvalue weighted by molar-refractivity contribution is -0.125. The average Bonchev–Trinajstić information content (AvgIpc) is 2.47. The van der Waals surface area contributed by atoms with E-state index < -0.39 is 0 Å². The van der Waals surface area contributed by atoms with Gasteiger partial charge in [-0.25, -0.2) is 5.43 Å². The van der Waals surface area contributed by atoms with Gasteiger partial charge in [0.15, 0.2) is 0 Å². The number of carbonyl (C=O) groups is 1. The number of hydrogen-bond donors (Lipinski definition) is 2. The van der Waals surface area contributed by atoms with E-state index in [1.807, 2.05) is 6.92 Å². The van der Waals surface area contributed by atoms with Gasteiger partial charge in [-0.1, -0.05) is 6.42 Å². The Bertz CT molecular complexity index is 369. The first kappa shape index (κ1) is 16.1. The molecule has 4 nitrogen and oxygen atoms in total. The first-order chi connectivity index (χ1) is 9.58. The smallest absolute Gasteiger partial charge is 0.244 e. The number of halogens is 2. The third-order valence-corrected chi connectivity index (χ3v) is 5.11. The van der Waals surface area contributed by atoms with Crippen molar-refractivity contribution in [3.05, 3.63) is 0 Å². The maximum Gasteiger partial charge on any atom is 0.244 e. The lowest BCUT2D eigenvalue weighted by Gasteiger charge is -2.28. The molecule has 0 radical (unpaired) electrons. The second-order valence-electron chi connectivity index (χ2n) is 5.76. The lowest BCUT2D eigenvalue weighted by atomic mass is 9.88. The molecule has 2 aliphatic rings. The van der Waals surface area contributed by atoms with Crippen LogP contribution in [0.3, 0.4) is 0 Å². The van der Waals surface area contributed by atoms with Crippen LogP contribution in [-0.4, -0.2) is 35.0 Å². The number of nitrogens with one attached hydrogen (secondary N) is 2. The molecule has 1 amide bonds. The van der Waals surface area contributed by atoms with E-state index >= 15 is 0 Å². The Morgan fingerprint density at radius 3 is 2.75 bits per heavy atom. The molecule has 1 heterocycles. The van der Waals surface area contributed by atoms with Gasteiger partial charge < -0.3 is 5.32 Å². The molecule has 1 aliphatic carbocycles. The van der Waals surface area contributed by atoms with E-state index in [0.717, 1.165) is 31.5 Å². The number of rotatable bonds is 3. The SMILES string of the molecule is C/C(=N\NC(=O)C1CC(Cl)CCC1Cl)C1CCCCN1. The quantitative estimate of drug-likeness (QED) is 0.477. The van der Waals surface area contributed by atoms with Crippen molar-refractivity contribution in [3.63, 3.8) is 0 Å². The molecule has 0 aromatic rings. The number of alkyl halides is 2. The highest BCUT2D eigenvalue weighted by Gasteiger charge is 2.33. The van der Waals surface area contributed by atoms with Gasteiger partial charge in [-0.3, -0.25) is 4.79 Å². The van der Waals surface area contributed by atoms with Crippen molar-refractivity contribution in [1.29, 1.82) is 0 Å². The zero-order valence-corrected chi connectivity index (χ0v) is 13.4. The minimum atomic E-state index is -0.233. The summed E-state index contributed by atoms with van der Waals surface area (Å²) in [6, 6.07) is 0.281. The Hall–Kier alpha value is -0.320. The van der Waals surface area contributed by atoms with Gasteiger partial charge in [0.25, 0.3) is 0 Å². The summed E-state index contributed by atoms with van der Waals surface area (Å²) < 4.78 is 0. The Balaban J connectivity index is 1.86. The van der Waals surface area contributed by atoms with Crippen LogP contribution >= 0.6 is 23.2 Å². The van der Waals surface area contributed by atoms with Crippen LogP contribution in [0.1, 0.15) is 45.4 Å². The third-order valence-electron chi connectivity index (χ3n) is 4.20. The van der Waals surface area contributed by atoms with Gasteiger partial charge >= 0.3 is 0 Å². The summed E-state index contributed by atoms with van der Waals surface area (Å²) in [5.41, 5.74) is 3.60. The van der Waals surface area contributed by atoms with E-state index in [4.69, 9.17) is 23.2 Å². The molecule has 0 aromatic heterocycles. The molecule has 1 saturated heterocycles. The maximum atomic E-state index is 12.2. The van der Waals surface area contributed by atoms with Gasteiger partial charge in [0.05, 0.1) is 11.6 Å². The van der Waals surface area contributed by atoms with Gasteiger partial charge in [-0.2, -0.15) is 5.10 Å². The van der Waals surface area contributed by atoms with Gasteiger partial charge in [-0.05, 0) is 45.6 Å². The standard InChI is InChI=1S/C14H23Cl2N3O/c1-9(13-4-2-3-7-17-13)18-19-14(20)11-8-10(15)5-6-12(11)16/h10-13,17H,2-8H2,1H3,(H,19,20)/b18-9+. The molecule has 0 aromatic carbocycles. The molecule has 4 unspecified atom stereocenters. The zero-order valence-electron chi connectivity index (χ0n) is 11.9. The minimum absolute atomic E-state index is 0.0471. The minimum Gasteiger partial charge on any atom is -0.309 e. The summed E-state index contributed by atoms with van der Waals surface area (Å²) in [6.07, 6.45) is 5.81. The van der Waals surface area contributed by atoms with Gasteiger partial charge in [0, 0.05) is 16.8 Å². The number of amides is 1. The summed E-state index contributed by atoms with van der Waals surface area (Å²) in [7, 11) is 0. The highest BCUT2D eigenvalue weighted by Crippen LogP contribution is 2.31. The molecule has 0 spiro atoms. The number of nitrogens with zero attached hydrogens (tertiary/aromatic N) is 1. The average molecular weight is 320 g/mol. The lowest BCUT2D eigenvalue weighted by Crippen LogP contribution is -2.42. The second-order valence-corrected chi connectivity index (χ2v) is 6.94. The molecule has 6 heteroatoms. The van der Waals surface area contributed by atoms with Crippen molar-refractivity contribution in [2.75, 3.05) is 6.54 Å². The molecule has 114 valence electrons. The molecule has 2 rings (SSSR count). The molecule has 4 atom stereocenters. The molecule has 1 aliphatic heterocycles. The highest BCUT2D eigenvalue weighted by atomic mass is 35.5. The van der Waals surface area contributed by atoms with Crippen LogP contribution < -0.4 is 10.7 Å². The Labute approximate surface area is 130 Å². The first-order valence-electron chi connectivity index (χ1n) is 7.43. The Kier molecular flexibility index (Phi) is 6.12. The zero-order chi connectivity index (χ0) is 14.5. The molecule has 20 heavy (non-hydrogen) atoms. The van der Waals surface area contributed by atoms with E-state index in [-0.39, 0.29) is 28.6 Å². The van der Waals surface area contributed by atoms with Crippen LogP contribution in [0.5, 0.6) is 0 Å². The van der Waals surface area contributed by atoms with Crippen molar-refractivity contribution >= 4 is 34.8 Å². The Morgan fingerprint density at radius 2 is 2.05 bits per heavy atom. The predicted molar refractivity (Wildman–Crippen MR) is 83.5 cm³/mol. The Morgan fingerprint density at radius 1 is 1.25 bits per heavy atom. The van der Waals surface area contributed by atoms with Gasteiger partial charge in [0.2, 0.25) is 5.91 Å². The van der Waals surface area contributed by atoms with Gasteiger partial charge in [-0.15, -0.1) is 23.2 Å². The van der Waals surface area contributed by atoms with Crippen LogP contribution in [-0.2, 0) is 4.79 Å². The van der Waals surface area contributed by atoms with Crippen LogP contribution in [0, 0.1) is 5.92 Å². The number of hydrazone groups is 1. The molecule has 2 fully saturated rings. The number of carbonyl (C=O) groups excluding carboxylic acids is 1. The van der Waals surface area contributed by atoms with E-state index in [2.05, 4.69) is 15.8 Å². The van der Waals surface area contributed by atoms with Crippen molar-refractivity contribution in [1.82, 2.24) is 10.7 Å². The van der Waals surface area contributed by atoms with E-state index in [1.165, 1.54) is 12.8 Å². The maximum absolute atomic E-state index is 12.2. The summed E-state index contributed by atoms with van der Waals surface area (Å²) >= 11 is 12.3. The summed E-state index contributed by atoms with van der Waals surface area (Å²) in [5, 5.41) is 7.56. The largest absolute Gasteiger partial charge is 0.309 e. The van der Waals surface area contributed by atoms with E-state index in [1.54, 1.807) is 0 Å². The van der Waals surface area contributed by atoms with Gasteiger partial charge in [0.1, 0.15) is 0 Å². The second kappa shape index (κ2) is 7.62. The van der Waals surface area contributed by atoms with E-state index in [9.17, 15) is 4.79 Å². The third kappa shape index (κ3) is 4.34. The van der Waals surface area contributed by atoms with Crippen LogP contribution in [0.4, 0.5) is 0 Å². The summed E-state index contributed by atoms with van der Waals surface area (Å²) in [5.74, 6) is -0.339. The molecular formula is C14H23Cl2N3O. The normalized spacial score (nSPS) is 35.6. The van der Waals surface area contributed by atoms with Crippen molar-refractivity contribution in [2.24, 2.45) is 11.0 Å². The fourth-order valence-corrected chi connectivity index (χ4v) is 3.53. The molecule has 2 N–H and O–H groups in total. The molecular weight excluding hydrogens is 297 g/mol. The van der Waals surface area contributed by atoms with Crippen molar-refractivity contribution < 1.29 is 4.79 Å². The summed E-state index contributed by atoms with van der Waals surface area (Å²) in [4.78, 5) is 12.2. The highest BCUT2D eigenvalue weighted by molar-refractivity contribution is 6.23.